The second-order valence-corrected chi connectivity index (χ2v) is 9.27. The fourth-order valence-electron chi connectivity index (χ4n) is 4.78. The van der Waals surface area contributed by atoms with Crippen molar-refractivity contribution in [1.82, 2.24) is 29.9 Å². The molecule has 0 saturated heterocycles. The van der Waals surface area contributed by atoms with Crippen LogP contribution in [0.25, 0.3) is 33.1 Å². The van der Waals surface area contributed by atoms with E-state index < -0.39 is 0 Å². The van der Waals surface area contributed by atoms with E-state index in [0.717, 1.165) is 44.6 Å². The molecule has 0 spiro atoms. The topological polar surface area (TPSA) is 124 Å². The number of aryl methyl sites for hydroxylation is 3. The van der Waals surface area contributed by atoms with Gasteiger partial charge in [0.25, 0.3) is 0 Å². The van der Waals surface area contributed by atoms with Gasteiger partial charge in [-0.3, -0.25) is 4.79 Å². The molecule has 0 atom stereocenters. The van der Waals surface area contributed by atoms with E-state index in [0.29, 0.717) is 35.4 Å². The van der Waals surface area contributed by atoms with Crippen LogP contribution in [0.3, 0.4) is 0 Å². The molecule has 10 nitrogen and oxygen atoms in total. The average molecular weight is 546 g/mol. The van der Waals surface area contributed by atoms with Crippen molar-refractivity contribution >= 4 is 39.4 Å². The first kappa shape index (κ1) is 28.8. The lowest BCUT2D eigenvalue weighted by atomic mass is 10.0. The third-order valence-electron chi connectivity index (χ3n) is 6.73. The smallest absolute Gasteiger partial charge is 0.199 e. The Morgan fingerprint density at radius 1 is 1.15 bits per heavy atom. The van der Waals surface area contributed by atoms with E-state index in [1.165, 1.54) is 19.8 Å². The molecule has 0 radical (unpaired) electrons. The molecule has 212 valence electrons. The SMILES string of the molecule is CC.CC.CCn1nc(C2CC2)cc1Nc1nc(C(C)=O)nc2[nH]c3cc(-c4c(C)noc4C)c(OC)cc3c12. The van der Waals surface area contributed by atoms with Crippen LogP contribution in [0, 0.1) is 13.8 Å². The van der Waals surface area contributed by atoms with E-state index >= 15 is 0 Å². The van der Waals surface area contributed by atoms with Gasteiger partial charge in [-0.25, -0.2) is 14.6 Å². The van der Waals surface area contributed by atoms with Gasteiger partial charge in [-0.15, -0.1) is 0 Å². The summed E-state index contributed by atoms with van der Waals surface area (Å²) < 4.78 is 13.1. The van der Waals surface area contributed by atoms with Crippen molar-refractivity contribution in [3.63, 3.8) is 0 Å². The lowest BCUT2D eigenvalue weighted by molar-refractivity contribution is 0.100. The molecule has 1 aliphatic rings. The fourth-order valence-corrected chi connectivity index (χ4v) is 4.78. The van der Waals surface area contributed by atoms with Crippen molar-refractivity contribution in [3.8, 4) is 16.9 Å². The Morgan fingerprint density at radius 2 is 1.88 bits per heavy atom. The number of nitrogens with zero attached hydrogens (tertiary/aromatic N) is 5. The van der Waals surface area contributed by atoms with E-state index in [4.69, 9.17) is 14.4 Å². The van der Waals surface area contributed by atoms with Gasteiger partial charge in [0.15, 0.2) is 11.6 Å². The van der Waals surface area contributed by atoms with E-state index in [2.05, 4.69) is 38.4 Å². The monoisotopic (exact) mass is 545 g/mol. The molecule has 6 rings (SSSR count). The Kier molecular flexibility index (Phi) is 8.56. The first-order valence-corrected chi connectivity index (χ1v) is 14.1. The Hall–Kier alpha value is -4.21. The summed E-state index contributed by atoms with van der Waals surface area (Å²) in [7, 11) is 1.64. The maximum Gasteiger partial charge on any atom is 0.199 e. The van der Waals surface area contributed by atoms with Crippen LogP contribution in [0.2, 0.25) is 0 Å². The summed E-state index contributed by atoms with van der Waals surface area (Å²) in [6, 6.07) is 6.04. The Balaban J connectivity index is 0.000000886. The molecule has 2 N–H and O–H groups in total. The summed E-state index contributed by atoms with van der Waals surface area (Å²) >= 11 is 0. The Morgan fingerprint density at radius 3 is 2.45 bits per heavy atom. The van der Waals surface area contributed by atoms with Gasteiger partial charge in [0.05, 0.1) is 29.4 Å². The Labute approximate surface area is 234 Å². The summed E-state index contributed by atoms with van der Waals surface area (Å²) in [5.74, 6) is 3.21. The number of Topliss-reactive ketones (excluding diaryl/α,β-unsaturated/α-hetero) is 1. The highest BCUT2D eigenvalue weighted by Crippen LogP contribution is 2.42. The van der Waals surface area contributed by atoms with Crippen LogP contribution in [0.5, 0.6) is 5.75 Å². The highest BCUT2D eigenvalue weighted by Gasteiger charge is 2.28. The maximum atomic E-state index is 12.3. The summed E-state index contributed by atoms with van der Waals surface area (Å²) in [5.41, 5.74) is 5.01. The summed E-state index contributed by atoms with van der Waals surface area (Å²) in [5, 5.41) is 14.0. The minimum absolute atomic E-state index is 0.138. The molecule has 1 aromatic carbocycles. The zero-order valence-corrected chi connectivity index (χ0v) is 24.9. The van der Waals surface area contributed by atoms with Crippen molar-refractivity contribution in [2.24, 2.45) is 0 Å². The van der Waals surface area contributed by atoms with Crippen LogP contribution in [-0.2, 0) is 6.54 Å². The standard InChI is InChI=1S/C26H27N7O3.2C2H6/c1-6-33-21(11-18(31-33)15-7-8-15)28-26-23-16-10-20(35-5)17(22-12(2)32-36-14(22)4)9-19(16)27-25(23)29-24(30-26)13(3)34;2*1-2/h9-11,15H,6-8H2,1-5H3,(H2,27,28,29,30);2*1-2H3. The zero-order valence-electron chi connectivity index (χ0n) is 24.9. The first-order chi connectivity index (χ1) is 19.4. The number of hydrogen-bond donors (Lipinski definition) is 2. The van der Waals surface area contributed by atoms with E-state index in [-0.39, 0.29) is 11.6 Å². The number of aromatic amines is 1. The van der Waals surface area contributed by atoms with Gasteiger partial charge < -0.3 is 19.6 Å². The zero-order chi connectivity index (χ0) is 29.1. The van der Waals surface area contributed by atoms with Crippen LogP contribution in [-0.4, -0.2) is 42.8 Å². The molecular weight excluding hydrogens is 506 g/mol. The van der Waals surface area contributed by atoms with Gasteiger partial charge >= 0.3 is 0 Å². The number of rotatable bonds is 7. The predicted octanol–water partition coefficient (Wildman–Crippen LogP) is 7.48. The highest BCUT2D eigenvalue weighted by atomic mass is 16.5. The second kappa shape index (κ2) is 11.9. The number of nitrogens with one attached hydrogen (secondary N) is 2. The van der Waals surface area contributed by atoms with Gasteiger partial charge in [0, 0.05) is 41.9 Å². The number of hydrogen-bond acceptors (Lipinski definition) is 8. The summed E-state index contributed by atoms with van der Waals surface area (Å²) in [4.78, 5) is 24.8. The summed E-state index contributed by atoms with van der Waals surface area (Å²) in [6.45, 7) is 16.0. The quantitative estimate of drug-likeness (QED) is 0.202. The maximum absolute atomic E-state index is 12.3. The van der Waals surface area contributed by atoms with Crippen LogP contribution < -0.4 is 10.1 Å². The number of aromatic nitrogens is 6. The van der Waals surface area contributed by atoms with Gasteiger partial charge in [-0.2, -0.15) is 5.10 Å². The molecule has 4 heterocycles. The van der Waals surface area contributed by atoms with Crippen molar-refractivity contribution < 1.29 is 14.1 Å². The number of ether oxygens (including phenoxy) is 1. The molecule has 5 aromatic rings. The average Bonchev–Trinajstić information content (AvgIpc) is 3.52. The van der Waals surface area contributed by atoms with Gasteiger partial charge in [-0.1, -0.05) is 32.9 Å². The molecule has 4 aromatic heterocycles. The van der Waals surface area contributed by atoms with Gasteiger partial charge in [-0.05, 0) is 45.7 Å². The number of carbonyl (C=O) groups is 1. The molecular formula is C30H39N7O3. The molecule has 0 amide bonds. The summed E-state index contributed by atoms with van der Waals surface area (Å²) in [6.07, 6.45) is 2.34. The number of ketones is 1. The largest absolute Gasteiger partial charge is 0.496 e. The molecule has 1 fully saturated rings. The molecule has 1 aliphatic carbocycles. The number of methoxy groups -OCH3 is 1. The molecule has 0 aliphatic heterocycles. The number of anilines is 2. The minimum Gasteiger partial charge on any atom is -0.496 e. The number of H-pyrrole nitrogens is 1. The number of carbonyl (C=O) groups excluding carboxylic acids is 1. The normalized spacial score (nSPS) is 12.5. The van der Waals surface area contributed by atoms with Crippen molar-refractivity contribution in [2.75, 3.05) is 12.4 Å². The van der Waals surface area contributed by atoms with Crippen LogP contribution in [0.4, 0.5) is 11.6 Å². The first-order valence-electron chi connectivity index (χ1n) is 14.1. The van der Waals surface area contributed by atoms with E-state index in [1.807, 2.05) is 58.4 Å². The predicted molar refractivity (Wildman–Crippen MR) is 159 cm³/mol. The molecule has 10 heteroatoms. The third-order valence-corrected chi connectivity index (χ3v) is 6.73. The fraction of sp³-hybridized carbons (Fsp3) is 0.433. The number of fused-ring (bicyclic) bond motifs is 3. The van der Waals surface area contributed by atoms with E-state index in [9.17, 15) is 4.79 Å². The van der Waals surface area contributed by atoms with Crippen molar-refractivity contribution in [3.05, 3.63) is 41.2 Å². The van der Waals surface area contributed by atoms with Crippen LogP contribution in [0.15, 0.2) is 22.7 Å². The second-order valence-electron chi connectivity index (χ2n) is 9.27. The molecule has 0 bridgehead atoms. The van der Waals surface area contributed by atoms with Crippen molar-refractivity contribution in [1.29, 1.82) is 0 Å². The number of benzene rings is 1. The lowest BCUT2D eigenvalue weighted by Gasteiger charge is -2.11. The van der Waals surface area contributed by atoms with Gasteiger partial charge in [0.1, 0.15) is 28.8 Å². The van der Waals surface area contributed by atoms with E-state index in [1.54, 1.807) is 7.11 Å². The Bertz CT molecular complexity index is 1640. The molecule has 0 unspecified atom stereocenters. The van der Waals surface area contributed by atoms with Crippen LogP contribution in [0.1, 0.15) is 88.1 Å². The minimum atomic E-state index is -0.213. The van der Waals surface area contributed by atoms with Crippen molar-refractivity contribution in [2.45, 2.75) is 80.7 Å². The lowest BCUT2D eigenvalue weighted by Crippen LogP contribution is -2.08. The molecule has 40 heavy (non-hydrogen) atoms. The third kappa shape index (κ3) is 5.17. The molecule has 1 saturated carbocycles. The van der Waals surface area contributed by atoms with Gasteiger partial charge in [0.2, 0.25) is 0 Å². The highest BCUT2D eigenvalue weighted by molar-refractivity contribution is 6.14. The van der Waals surface area contributed by atoms with Crippen LogP contribution >= 0.6 is 0 Å².